The van der Waals surface area contributed by atoms with E-state index in [1.165, 1.54) is 21.6 Å². The van der Waals surface area contributed by atoms with Crippen LogP contribution >= 0.6 is 11.8 Å². The first-order valence-electron chi connectivity index (χ1n) is 12.6. The Kier molecular flexibility index (Phi) is 7.43. The van der Waals surface area contributed by atoms with E-state index in [-0.39, 0.29) is 5.25 Å². The van der Waals surface area contributed by atoms with Crippen molar-refractivity contribution in [2.24, 2.45) is 0 Å². The van der Waals surface area contributed by atoms with Crippen molar-refractivity contribution >= 4 is 22.8 Å². The average Bonchev–Trinajstić information content (AvgIpc) is 3.26. The molecule has 4 aromatic carbocycles. The Labute approximate surface area is 218 Å². The molecule has 0 aliphatic carbocycles. The zero-order valence-electron chi connectivity index (χ0n) is 21.1. The number of benzene rings is 4. The van der Waals surface area contributed by atoms with E-state index in [0.717, 1.165) is 29.2 Å². The monoisotopic (exact) mass is 492 g/mol. The summed E-state index contributed by atoms with van der Waals surface area (Å²) in [6.45, 7) is 7.84. The quantitative estimate of drug-likeness (QED) is 0.193. The van der Waals surface area contributed by atoms with Gasteiger partial charge in [0, 0.05) is 4.90 Å². The van der Waals surface area contributed by atoms with Crippen molar-refractivity contribution in [2.45, 2.75) is 43.4 Å². The van der Waals surface area contributed by atoms with Gasteiger partial charge >= 0.3 is 0 Å². The number of aromatic nitrogens is 2. The molecule has 0 bridgehead atoms. The van der Waals surface area contributed by atoms with Gasteiger partial charge in [-0.1, -0.05) is 86.6 Å². The first kappa shape index (κ1) is 24.2. The zero-order valence-corrected chi connectivity index (χ0v) is 21.9. The summed E-state index contributed by atoms with van der Waals surface area (Å²) >= 11 is 1.84. The van der Waals surface area contributed by atoms with Crippen LogP contribution in [0.1, 0.15) is 47.5 Å². The molecule has 0 N–H and O–H groups in total. The maximum absolute atomic E-state index is 6.40. The predicted octanol–water partition coefficient (Wildman–Crippen LogP) is 8.43. The minimum atomic E-state index is 0.0613. The van der Waals surface area contributed by atoms with Crippen LogP contribution in [0, 0.1) is 6.92 Å². The normalized spacial score (nSPS) is 12.2. The van der Waals surface area contributed by atoms with Crippen molar-refractivity contribution in [3.05, 3.63) is 126 Å². The van der Waals surface area contributed by atoms with Crippen molar-refractivity contribution < 1.29 is 4.74 Å². The first-order chi connectivity index (χ1) is 17.6. The molecule has 0 saturated heterocycles. The molecule has 0 aliphatic heterocycles. The summed E-state index contributed by atoms with van der Waals surface area (Å²) in [6.07, 6.45) is 0. The molecular formula is C32H32N2OS. The molecule has 0 amide bonds. The second-order valence-electron chi connectivity index (χ2n) is 9.38. The van der Waals surface area contributed by atoms with Crippen molar-refractivity contribution in [3.8, 4) is 5.75 Å². The van der Waals surface area contributed by atoms with Gasteiger partial charge in [-0.05, 0) is 59.9 Å². The largest absolute Gasteiger partial charge is 0.491 e. The van der Waals surface area contributed by atoms with Gasteiger partial charge in [0.15, 0.2) is 0 Å². The molecule has 182 valence electrons. The van der Waals surface area contributed by atoms with E-state index < -0.39 is 0 Å². The third kappa shape index (κ3) is 5.34. The smallest absolute Gasteiger partial charge is 0.128 e. The van der Waals surface area contributed by atoms with Gasteiger partial charge in [0.2, 0.25) is 0 Å². The minimum absolute atomic E-state index is 0.0613. The van der Waals surface area contributed by atoms with Crippen molar-refractivity contribution in [1.82, 2.24) is 9.55 Å². The molecule has 4 heteroatoms. The van der Waals surface area contributed by atoms with Crippen LogP contribution in [0.2, 0.25) is 0 Å². The number of thioether (sulfide) groups is 1. The lowest BCUT2D eigenvalue weighted by Gasteiger charge is -2.20. The second kappa shape index (κ2) is 11.0. The lowest BCUT2D eigenvalue weighted by Crippen LogP contribution is -2.14. The number of rotatable bonds is 9. The Balaban J connectivity index is 1.51. The standard InChI is InChI=1S/C32H32N2OS/c1-23(2)27-19-18-24(3)22-30(27)35-21-20-34-29-17-11-10-16-28(29)33-32(34)31(25-12-6-4-7-13-25)36-26-14-8-5-9-15-26/h4-19,22-23,31H,20-21H2,1-3H3. The maximum Gasteiger partial charge on any atom is 0.128 e. The van der Waals surface area contributed by atoms with Gasteiger partial charge in [0.05, 0.1) is 22.8 Å². The highest BCUT2D eigenvalue weighted by atomic mass is 32.2. The number of para-hydroxylation sites is 2. The Hall–Kier alpha value is -3.50. The number of nitrogens with zero attached hydrogens (tertiary/aromatic N) is 2. The molecule has 1 heterocycles. The topological polar surface area (TPSA) is 27.1 Å². The van der Waals surface area contributed by atoms with Crippen molar-refractivity contribution in [2.75, 3.05) is 6.61 Å². The Morgan fingerprint density at radius 2 is 1.53 bits per heavy atom. The third-order valence-electron chi connectivity index (χ3n) is 6.38. The molecular weight excluding hydrogens is 460 g/mol. The summed E-state index contributed by atoms with van der Waals surface area (Å²) in [6, 6.07) is 36.2. The Morgan fingerprint density at radius 3 is 2.28 bits per heavy atom. The molecule has 36 heavy (non-hydrogen) atoms. The minimum Gasteiger partial charge on any atom is -0.491 e. The number of fused-ring (bicyclic) bond motifs is 1. The molecule has 0 saturated carbocycles. The highest BCUT2D eigenvalue weighted by Gasteiger charge is 2.23. The van der Waals surface area contributed by atoms with Crippen LogP contribution in [0.25, 0.3) is 11.0 Å². The highest BCUT2D eigenvalue weighted by molar-refractivity contribution is 7.99. The van der Waals surface area contributed by atoms with Gasteiger partial charge in [0.1, 0.15) is 18.2 Å². The van der Waals surface area contributed by atoms with Gasteiger partial charge < -0.3 is 9.30 Å². The van der Waals surface area contributed by atoms with Crippen LogP contribution in [0.3, 0.4) is 0 Å². The fraction of sp³-hybridized carbons (Fsp3) is 0.219. The molecule has 1 unspecified atom stereocenters. The fourth-order valence-electron chi connectivity index (χ4n) is 4.55. The Bertz CT molecular complexity index is 1430. The molecule has 0 aliphatic rings. The number of ether oxygens (including phenoxy) is 1. The first-order valence-corrected chi connectivity index (χ1v) is 13.4. The molecule has 1 atom stereocenters. The summed E-state index contributed by atoms with van der Waals surface area (Å²) < 4.78 is 8.75. The summed E-state index contributed by atoms with van der Waals surface area (Å²) in [4.78, 5) is 6.38. The SMILES string of the molecule is Cc1ccc(C(C)C)c(OCCn2c(C(Sc3ccccc3)c3ccccc3)nc3ccccc32)c1. The second-order valence-corrected chi connectivity index (χ2v) is 10.6. The maximum atomic E-state index is 6.40. The lowest BCUT2D eigenvalue weighted by atomic mass is 10.0. The number of hydrogen-bond donors (Lipinski definition) is 0. The predicted molar refractivity (Wildman–Crippen MR) is 151 cm³/mol. The van der Waals surface area contributed by atoms with Crippen LogP contribution in [0.4, 0.5) is 0 Å². The highest BCUT2D eigenvalue weighted by Crippen LogP contribution is 2.41. The van der Waals surface area contributed by atoms with E-state index in [1.807, 2.05) is 11.8 Å². The van der Waals surface area contributed by atoms with E-state index in [9.17, 15) is 0 Å². The molecule has 0 spiro atoms. The van der Waals surface area contributed by atoms with E-state index in [4.69, 9.17) is 9.72 Å². The number of imidazole rings is 1. The molecule has 0 radical (unpaired) electrons. The van der Waals surface area contributed by atoms with Gasteiger partial charge in [0.25, 0.3) is 0 Å². The number of aryl methyl sites for hydroxylation is 1. The third-order valence-corrected chi connectivity index (χ3v) is 7.64. The molecule has 0 fully saturated rings. The van der Waals surface area contributed by atoms with Gasteiger partial charge in [-0.15, -0.1) is 11.8 Å². The van der Waals surface area contributed by atoms with E-state index in [2.05, 4.69) is 128 Å². The van der Waals surface area contributed by atoms with Crippen LogP contribution in [-0.4, -0.2) is 16.2 Å². The van der Waals surface area contributed by atoms with E-state index in [1.54, 1.807) is 0 Å². The lowest BCUT2D eigenvalue weighted by molar-refractivity contribution is 0.294. The molecule has 3 nitrogen and oxygen atoms in total. The summed E-state index contributed by atoms with van der Waals surface area (Å²) in [5.41, 5.74) is 5.86. The fourth-order valence-corrected chi connectivity index (χ4v) is 5.72. The molecule has 5 rings (SSSR count). The molecule has 5 aromatic rings. The number of hydrogen-bond acceptors (Lipinski definition) is 3. The average molecular weight is 493 g/mol. The summed E-state index contributed by atoms with van der Waals surface area (Å²) in [7, 11) is 0. The van der Waals surface area contributed by atoms with E-state index >= 15 is 0 Å². The zero-order chi connectivity index (χ0) is 24.9. The van der Waals surface area contributed by atoms with Crippen LogP contribution in [-0.2, 0) is 6.54 Å². The van der Waals surface area contributed by atoms with Crippen LogP contribution in [0.15, 0.2) is 108 Å². The van der Waals surface area contributed by atoms with Crippen LogP contribution in [0.5, 0.6) is 5.75 Å². The summed E-state index contributed by atoms with van der Waals surface area (Å²) in [5, 5.41) is 0.0613. The molecule has 1 aromatic heterocycles. The van der Waals surface area contributed by atoms with Gasteiger partial charge in [-0.3, -0.25) is 0 Å². The van der Waals surface area contributed by atoms with E-state index in [0.29, 0.717) is 12.5 Å². The summed E-state index contributed by atoms with van der Waals surface area (Å²) in [5.74, 6) is 2.44. The van der Waals surface area contributed by atoms with Crippen LogP contribution < -0.4 is 4.74 Å². The van der Waals surface area contributed by atoms with Crippen molar-refractivity contribution in [3.63, 3.8) is 0 Å². The van der Waals surface area contributed by atoms with Gasteiger partial charge in [-0.2, -0.15) is 0 Å². The van der Waals surface area contributed by atoms with Gasteiger partial charge in [-0.25, -0.2) is 4.98 Å². The van der Waals surface area contributed by atoms with Crippen molar-refractivity contribution in [1.29, 1.82) is 0 Å². The Morgan fingerprint density at radius 1 is 0.833 bits per heavy atom.